The van der Waals surface area contributed by atoms with Gasteiger partial charge >= 0.3 is 0 Å². The molecular weight excluding hydrogens is 160 g/mol. The molecular formula is C11H18N2. The standard InChI is InChI=1S/C11H18N2/c1-8-5-10(3)13-7-11(8)9(2)6-12-4/h5,7,9,12H,6H2,1-4H3. The molecule has 0 fully saturated rings. The van der Waals surface area contributed by atoms with Crippen LogP contribution >= 0.6 is 0 Å². The Labute approximate surface area is 80.4 Å². The smallest absolute Gasteiger partial charge is 0.0375 e. The lowest BCUT2D eigenvalue weighted by molar-refractivity contribution is 0.671. The van der Waals surface area contributed by atoms with Crippen LogP contribution in [0.3, 0.4) is 0 Å². The molecule has 0 aromatic carbocycles. The lowest BCUT2D eigenvalue weighted by Crippen LogP contribution is -2.15. The molecule has 0 spiro atoms. The van der Waals surface area contributed by atoms with Crippen molar-refractivity contribution < 1.29 is 0 Å². The lowest BCUT2D eigenvalue weighted by Gasteiger charge is -2.13. The molecule has 0 saturated heterocycles. The highest BCUT2D eigenvalue weighted by atomic mass is 14.8. The Hall–Kier alpha value is -0.890. The van der Waals surface area contributed by atoms with E-state index in [1.165, 1.54) is 11.1 Å². The van der Waals surface area contributed by atoms with Crippen LogP contribution in [0.5, 0.6) is 0 Å². The summed E-state index contributed by atoms with van der Waals surface area (Å²) < 4.78 is 0. The number of nitrogens with zero attached hydrogens (tertiary/aromatic N) is 1. The quantitative estimate of drug-likeness (QED) is 0.766. The minimum atomic E-state index is 0.540. The van der Waals surface area contributed by atoms with Crippen LogP contribution in [-0.4, -0.2) is 18.6 Å². The number of likely N-dealkylation sites (N-methyl/N-ethyl adjacent to an activating group) is 1. The molecule has 0 bridgehead atoms. The van der Waals surface area contributed by atoms with Gasteiger partial charge in [-0.05, 0) is 44.0 Å². The van der Waals surface area contributed by atoms with Gasteiger partial charge in [-0.3, -0.25) is 4.98 Å². The van der Waals surface area contributed by atoms with Gasteiger partial charge in [0.15, 0.2) is 0 Å². The summed E-state index contributed by atoms with van der Waals surface area (Å²) in [5.41, 5.74) is 3.79. The van der Waals surface area contributed by atoms with Gasteiger partial charge in [0.1, 0.15) is 0 Å². The molecule has 0 radical (unpaired) electrons. The second kappa shape index (κ2) is 4.38. The third-order valence-corrected chi connectivity index (χ3v) is 2.33. The van der Waals surface area contributed by atoms with Gasteiger partial charge in [-0.2, -0.15) is 0 Å². The molecule has 1 rings (SSSR count). The highest BCUT2D eigenvalue weighted by Crippen LogP contribution is 2.17. The van der Waals surface area contributed by atoms with E-state index in [0.29, 0.717) is 5.92 Å². The highest BCUT2D eigenvalue weighted by molar-refractivity contribution is 5.27. The van der Waals surface area contributed by atoms with E-state index in [1.54, 1.807) is 0 Å². The Morgan fingerprint density at radius 1 is 1.46 bits per heavy atom. The van der Waals surface area contributed by atoms with Crippen LogP contribution in [0.25, 0.3) is 0 Å². The maximum atomic E-state index is 4.32. The zero-order chi connectivity index (χ0) is 9.84. The molecule has 1 aromatic rings. The SMILES string of the molecule is CNCC(C)c1cnc(C)cc1C. The highest BCUT2D eigenvalue weighted by Gasteiger charge is 2.07. The van der Waals surface area contributed by atoms with Gasteiger partial charge in [-0.1, -0.05) is 6.92 Å². The summed E-state index contributed by atoms with van der Waals surface area (Å²) in [5, 5.41) is 3.18. The molecule has 0 saturated carbocycles. The van der Waals surface area contributed by atoms with E-state index >= 15 is 0 Å². The summed E-state index contributed by atoms with van der Waals surface area (Å²) in [7, 11) is 1.98. The van der Waals surface area contributed by atoms with Gasteiger partial charge in [0.25, 0.3) is 0 Å². The molecule has 2 heteroatoms. The summed E-state index contributed by atoms with van der Waals surface area (Å²) in [5.74, 6) is 0.540. The van der Waals surface area contributed by atoms with Gasteiger partial charge < -0.3 is 5.32 Å². The maximum absolute atomic E-state index is 4.32. The summed E-state index contributed by atoms with van der Waals surface area (Å²) in [6.45, 7) is 7.40. The molecule has 13 heavy (non-hydrogen) atoms. The van der Waals surface area contributed by atoms with Crippen molar-refractivity contribution in [3.8, 4) is 0 Å². The number of nitrogens with one attached hydrogen (secondary N) is 1. The van der Waals surface area contributed by atoms with Crippen molar-refractivity contribution in [3.05, 3.63) is 29.1 Å². The molecule has 0 aliphatic heterocycles. The molecule has 72 valence electrons. The third-order valence-electron chi connectivity index (χ3n) is 2.33. The minimum Gasteiger partial charge on any atom is -0.319 e. The van der Waals surface area contributed by atoms with Crippen molar-refractivity contribution in [2.75, 3.05) is 13.6 Å². The first-order valence-corrected chi connectivity index (χ1v) is 4.73. The van der Waals surface area contributed by atoms with Crippen LogP contribution in [0.2, 0.25) is 0 Å². The molecule has 0 amide bonds. The van der Waals surface area contributed by atoms with Crippen molar-refractivity contribution in [2.24, 2.45) is 0 Å². The van der Waals surface area contributed by atoms with Crippen LogP contribution in [0.15, 0.2) is 12.3 Å². The molecule has 1 aromatic heterocycles. The first-order chi connectivity index (χ1) is 6.15. The third kappa shape index (κ3) is 2.52. The van der Waals surface area contributed by atoms with E-state index in [4.69, 9.17) is 0 Å². The molecule has 2 nitrogen and oxygen atoms in total. The topological polar surface area (TPSA) is 24.9 Å². The number of aryl methyl sites for hydroxylation is 2. The number of pyridine rings is 1. The van der Waals surface area contributed by atoms with Gasteiger partial charge in [0, 0.05) is 18.4 Å². The Bertz CT molecular complexity index is 281. The number of aromatic nitrogens is 1. The first kappa shape index (κ1) is 10.2. The zero-order valence-electron chi connectivity index (χ0n) is 8.89. The van der Waals surface area contributed by atoms with E-state index in [0.717, 1.165) is 12.2 Å². The molecule has 0 aliphatic rings. The predicted molar refractivity (Wildman–Crippen MR) is 56.1 cm³/mol. The number of hydrogen-bond donors (Lipinski definition) is 1. The van der Waals surface area contributed by atoms with Crippen molar-refractivity contribution in [2.45, 2.75) is 26.7 Å². The van der Waals surface area contributed by atoms with E-state index in [2.05, 4.69) is 30.2 Å². The average molecular weight is 178 g/mol. The summed E-state index contributed by atoms with van der Waals surface area (Å²) in [6.07, 6.45) is 1.99. The van der Waals surface area contributed by atoms with E-state index in [9.17, 15) is 0 Å². The summed E-state index contributed by atoms with van der Waals surface area (Å²) >= 11 is 0. The number of rotatable bonds is 3. The van der Waals surface area contributed by atoms with Gasteiger partial charge in [-0.25, -0.2) is 0 Å². The fourth-order valence-electron chi connectivity index (χ4n) is 1.64. The second-order valence-corrected chi connectivity index (χ2v) is 3.64. The Balaban J connectivity index is 2.88. The van der Waals surface area contributed by atoms with Gasteiger partial charge in [0.05, 0.1) is 0 Å². The van der Waals surface area contributed by atoms with Crippen LogP contribution < -0.4 is 5.32 Å². The monoisotopic (exact) mass is 178 g/mol. The van der Waals surface area contributed by atoms with Crippen LogP contribution in [-0.2, 0) is 0 Å². The Kier molecular flexibility index (Phi) is 3.43. The molecule has 0 aliphatic carbocycles. The maximum Gasteiger partial charge on any atom is 0.0375 e. The summed E-state index contributed by atoms with van der Waals surface area (Å²) in [6, 6.07) is 2.14. The average Bonchev–Trinajstić information content (AvgIpc) is 2.04. The largest absolute Gasteiger partial charge is 0.319 e. The molecule has 1 atom stereocenters. The van der Waals surface area contributed by atoms with Crippen molar-refractivity contribution in [3.63, 3.8) is 0 Å². The van der Waals surface area contributed by atoms with Crippen LogP contribution in [0.4, 0.5) is 0 Å². The van der Waals surface area contributed by atoms with Crippen LogP contribution in [0, 0.1) is 13.8 Å². The number of hydrogen-bond acceptors (Lipinski definition) is 2. The molecule has 1 unspecified atom stereocenters. The fraction of sp³-hybridized carbons (Fsp3) is 0.545. The van der Waals surface area contributed by atoms with Gasteiger partial charge in [0.2, 0.25) is 0 Å². The first-order valence-electron chi connectivity index (χ1n) is 4.73. The van der Waals surface area contributed by atoms with E-state index in [1.807, 2.05) is 20.2 Å². The van der Waals surface area contributed by atoms with Crippen molar-refractivity contribution in [1.82, 2.24) is 10.3 Å². The van der Waals surface area contributed by atoms with E-state index < -0.39 is 0 Å². The summed E-state index contributed by atoms with van der Waals surface area (Å²) in [4.78, 5) is 4.32. The Morgan fingerprint density at radius 3 is 2.69 bits per heavy atom. The second-order valence-electron chi connectivity index (χ2n) is 3.64. The van der Waals surface area contributed by atoms with E-state index in [-0.39, 0.29) is 0 Å². The molecule has 1 heterocycles. The predicted octanol–water partition coefficient (Wildman–Crippen LogP) is 2.02. The normalized spacial score (nSPS) is 12.9. The van der Waals surface area contributed by atoms with Crippen molar-refractivity contribution in [1.29, 1.82) is 0 Å². The fourth-order valence-corrected chi connectivity index (χ4v) is 1.64. The van der Waals surface area contributed by atoms with Gasteiger partial charge in [-0.15, -0.1) is 0 Å². The zero-order valence-corrected chi connectivity index (χ0v) is 8.89. The Morgan fingerprint density at radius 2 is 2.15 bits per heavy atom. The molecule has 1 N–H and O–H groups in total. The van der Waals surface area contributed by atoms with Crippen molar-refractivity contribution >= 4 is 0 Å². The lowest BCUT2D eigenvalue weighted by atomic mass is 9.98. The van der Waals surface area contributed by atoms with Crippen LogP contribution in [0.1, 0.15) is 29.7 Å². The minimum absolute atomic E-state index is 0.540.